The van der Waals surface area contributed by atoms with E-state index in [1.54, 1.807) is 0 Å². The molecule has 0 aromatic heterocycles. The van der Waals surface area contributed by atoms with Crippen LogP contribution in [-0.4, -0.2) is 18.3 Å². The Hall–Kier alpha value is -2.42. The van der Waals surface area contributed by atoms with Gasteiger partial charge in [0.15, 0.2) is 0 Å². The number of aliphatic hydroxyl groups is 1. The minimum absolute atomic E-state index is 0.0906. The molecule has 3 aromatic rings. The van der Waals surface area contributed by atoms with Crippen molar-refractivity contribution in [1.29, 1.82) is 0 Å². The van der Waals surface area contributed by atoms with E-state index >= 15 is 0 Å². The monoisotopic (exact) mass is 317 g/mol. The molecule has 122 valence electrons. The molecule has 24 heavy (non-hydrogen) atoms. The second-order valence-corrected chi connectivity index (χ2v) is 5.95. The van der Waals surface area contributed by atoms with Crippen LogP contribution in [0.4, 0.5) is 0 Å². The summed E-state index contributed by atoms with van der Waals surface area (Å²) in [6.45, 7) is 2.74. The number of rotatable bonds is 6. The lowest BCUT2D eigenvalue weighted by atomic mass is 9.75. The van der Waals surface area contributed by atoms with Crippen molar-refractivity contribution in [2.75, 3.05) is 13.2 Å². The quantitative estimate of drug-likeness (QED) is 0.677. The summed E-state index contributed by atoms with van der Waals surface area (Å²) in [6.07, 6.45) is 0. The molecule has 0 saturated carbocycles. The first-order chi connectivity index (χ1) is 11.8. The fourth-order valence-corrected chi connectivity index (χ4v) is 3.39. The van der Waals surface area contributed by atoms with Crippen molar-refractivity contribution >= 4 is 0 Å². The highest BCUT2D eigenvalue weighted by Gasteiger charge is 2.36. The van der Waals surface area contributed by atoms with E-state index in [-0.39, 0.29) is 6.61 Å². The average molecular weight is 317 g/mol. The zero-order valence-corrected chi connectivity index (χ0v) is 13.9. The van der Waals surface area contributed by atoms with Crippen LogP contribution in [0.5, 0.6) is 0 Å². The molecule has 3 aromatic carbocycles. The van der Waals surface area contributed by atoms with Crippen LogP contribution in [0, 0.1) is 6.92 Å². The molecule has 2 heteroatoms. The van der Waals surface area contributed by atoms with Gasteiger partial charge in [0.2, 0.25) is 0 Å². The number of aliphatic hydroxyl groups excluding tert-OH is 1. The second kappa shape index (κ2) is 7.43. The molecule has 0 spiro atoms. The molecule has 0 amide bonds. The molecular formula is C22H23NO. The lowest BCUT2D eigenvalue weighted by molar-refractivity contribution is 0.277. The second-order valence-electron chi connectivity index (χ2n) is 5.95. The Morgan fingerprint density at radius 1 is 0.750 bits per heavy atom. The van der Waals surface area contributed by atoms with Crippen molar-refractivity contribution < 1.29 is 5.11 Å². The van der Waals surface area contributed by atoms with E-state index < -0.39 is 5.54 Å². The van der Waals surface area contributed by atoms with Crippen LogP contribution in [0.3, 0.4) is 0 Å². The van der Waals surface area contributed by atoms with E-state index in [4.69, 9.17) is 0 Å². The summed E-state index contributed by atoms with van der Waals surface area (Å²) in [5, 5.41) is 13.1. The average Bonchev–Trinajstić information content (AvgIpc) is 2.65. The Labute approximate surface area is 143 Å². The predicted octanol–water partition coefficient (Wildman–Crippen LogP) is 3.87. The summed E-state index contributed by atoms with van der Waals surface area (Å²) in [6, 6.07) is 29.3. The van der Waals surface area contributed by atoms with Gasteiger partial charge in [-0.3, -0.25) is 5.32 Å². The Morgan fingerprint density at radius 2 is 1.25 bits per heavy atom. The maximum Gasteiger partial charge on any atom is 0.0951 e. The first-order valence-corrected chi connectivity index (χ1v) is 8.32. The normalized spacial score (nSPS) is 11.4. The molecule has 0 unspecified atom stereocenters. The molecule has 0 aliphatic rings. The van der Waals surface area contributed by atoms with Gasteiger partial charge in [0.05, 0.1) is 12.1 Å². The fraction of sp³-hybridized carbons (Fsp3) is 0.182. The highest BCUT2D eigenvalue weighted by Crippen LogP contribution is 2.38. The third kappa shape index (κ3) is 2.99. The molecule has 0 bridgehead atoms. The predicted molar refractivity (Wildman–Crippen MR) is 99.0 cm³/mol. The largest absolute Gasteiger partial charge is 0.395 e. The highest BCUT2D eigenvalue weighted by atomic mass is 16.3. The Bertz CT molecular complexity index is 729. The van der Waals surface area contributed by atoms with E-state index in [1.807, 2.05) is 12.1 Å². The number of benzene rings is 3. The highest BCUT2D eigenvalue weighted by molar-refractivity contribution is 5.51. The number of hydrogen-bond acceptors (Lipinski definition) is 2. The van der Waals surface area contributed by atoms with E-state index in [0.717, 1.165) is 0 Å². The van der Waals surface area contributed by atoms with Gasteiger partial charge >= 0.3 is 0 Å². The van der Waals surface area contributed by atoms with E-state index in [0.29, 0.717) is 6.54 Å². The fourth-order valence-electron chi connectivity index (χ4n) is 3.39. The number of hydrogen-bond donors (Lipinski definition) is 2. The maximum absolute atomic E-state index is 9.48. The van der Waals surface area contributed by atoms with Crippen molar-refractivity contribution in [3.05, 3.63) is 107 Å². The summed E-state index contributed by atoms with van der Waals surface area (Å²) in [5.41, 5.74) is 4.26. The van der Waals surface area contributed by atoms with Gasteiger partial charge in [-0.15, -0.1) is 0 Å². The zero-order chi connectivity index (χ0) is 16.8. The van der Waals surface area contributed by atoms with Crippen molar-refractivity contribution in [1.82, 2.24) is 5.32 Å². The molecule has 0 aliphatic carbocycles. The van der Waals surface area contributed by atoms with Crippen LogP contribution >= 0.6 is 0 Å². The van der Waals surface area contributed by atoms with Gasteiger partial charge < -0.3 is 5.11 Å². The Kier molecular flexibility index (Phi) is 5.09. The maximum atomic E-state index is 9.48. The van der Waals surface area contributed by atoms with Crippen LogP contribution in [0.2, 0.25) is 0 Å². The summed E-state index contributed by atoms with van der Waals surface area (Å²) < 4.78 is 0. The third-order valence-electron chi connectivity index (χ3n) is 4.46. The third-order valence-corrected chi connectivity index (χ3v) is 4.46. The molecule has 0 heterocycles. The first-order valence-electron chi connectivity index (χ1n) is 8.32. The van der Waals surface area contributed by atoms with Gasteiger partial charge in [-0.1, -0.05) is 84.9 Å². The molecule has 0 fully saturated rings. The Balaban J connectivity index is 2.31. The number of aryl methyl sites for hydroxylation is 1. The van der Waals surface area contributed by atoms with E-state index in [1.165, 1.54) is 22.3 Å². The van der Waals surface area contributed by atoms with Gasteiger partial charge in [-0.2, -0.15) is 0 Å². The molecule has 2 nitrogen and oxygen atoms in total. The summed E-state index contributed by atoms with van der Waals surface area (Å²) in [4.78, 5) is 0. The van der Waals surface area contributed by atoms with Gasteiger partial charge in [0.1, 0.15) is 0 Å². The van der Waals surface area contributed by atoms with Crippen molar-refractivity contribution in [2.24, 2.45) is 0 Å². The molecular weight excluding hydrogens is 294 g/mol. The lowest BCUT2D eigenvalue weighted by Gasteiger charge is -2.38. The summed E-state index contributed by atoms with van der Waals surface area (Å²) in [7, 11) is 0. The van der Waals surface area contributed by atoms with Gasteiger partial charge in [-0.05, 0) is 29.2 Å². The van der Waals surface area contributed by atoms with Crippen LogP contribution in [0.1, 0.15) is 22.3 Å². The standard InChI is InChI=1S/C22H23NO/c1-18-10-8-9-15-21(18)22(23-16-17-24,19-11-4-2-5-12-19)20-13-6-3-7-14-20/h2-15,23-24H,16-17H2,1H3. The molecule has 0 aliphatic heterocycles. The van der Waals surface area contributed by atoms with E-state index in [2.05, 4.69) is 85.0 Å². The van der Waals surface area contributed by atoms with Crippen LogP contribution in [0.25, 0.3) is 0 Å². The van der Waals surface area contributed by atoms with Crippen molar-refractivity contribution in [2.45, 2.75) is 12.5 Å². The first kappa shape index (κ1) is 16.4. The minimum atomic E-state index is -0.489. The lowest BCUT2D eigenvalue weighted by Crippen LogP contribution is -2.46. The van der Waals surface area contributed by atoms with Crippen molar-refractivity contribution in [3.63, 3.8) is 0 Å². The SMILES string of the molecule is Cc1ccccc1C(NCCO)(c1ccccc1)c1ccccc1. The Morgan fingerprint density at radius 3 is 1.75 bits per heavy atom. The van der Waals surface area contributed by atoms with Gasteiger partial charge in [0, 0.05) is 6.54 Å². The van der Waals surface area contributed by atoms with Crippen molar-refractivity contribution in [3.8, 4) is 0 Å². The van der Waals surface area contributed by atoms with Crippen LogP contribution in [-0.2, 0) is 5.54 Å². The molecule has 0 atom stereocenters. The van der Waals surface area contributed by atoms with Crippen LogP contribution in [0.15, 0.2) is 84.9 Å². The smallest absolute Gasteiger partial charge is 0.0951 e. The summed E-state index contributed by atoms with van der Waals surface area (Å²) >= 11 is 0. The molecule has 2 N–H and O–H groups in total. The summed E-state index contributed by atoms with van der Waals surface area (Å²) in [5.74, 6) is 0. The van der Waals surface area contributed by atoms with Gasteiger partial charge in [0.25, 0.3) is 0 Å². The zero-order valence-electron chi connectivity index (χ0n) is 13.9. The van der Waals surface area contributed by atoms with E-state index in [9.17, 15) is 5.11 Å². The van der Waals surface area contributed by atoms with Crippen LogP contribution < -0.4 is 5.32 Å². The molecule has 3 rings (SSSR count). The number of nitrogens with one attached hydrogen (secondary N) is 1. The topological polar surface area (TPSA) is 32.3 Å². The molecule has 0 saturated heterocycles. The molecule has 0 radical (unpaired) electrons. The minimum Gasteiger partial charge on any atom is -0.395 e. The van der Waals surface area contributed by atoms with Gasteiger partial charge in [-0.25, -0.2) is 0 Å².